The number of rotatable bonds is 17. The number of nitrogens with one attached hydrogen (secondary N) is 4. The molecule has 46 heavy (non-hydrogen) atoms. The van der Waals surface area contributed by atoms with Crippen molar-refractivity contribution in [2.75, 3.05) is 19.9 Å². The Hall–Kier alpha value is -3.59. The van der Waals surface area contributed by atoms with E-state index in [4.69, 9.17) is 24.2 Å². The summed E-state index contributed by atoms with van der Waals surface area (Å²) >= 11 is 0. The fraction of sp³-hybridized carbons (Fsp3) is 0.656. The molecular formula is C32H56N4O10. The Balaban J connectivity index is 0. The summed E-state index contributed by atoms with van der Waals surface area (Å²) in [5.41, 5.74) is 2.80. The molecule has 0 saturated carbocycles. The summed E-state index contributed by atoms with van der Waals surface area (Å²) in [5.74, 6) is -2.04. The van der Waals surface area contributed by atoms with Gasteiger partial charge in [-0.3, -0.25) is 28.8 Å². The number of carbonyl (C=O) groups is 5. The molecule has 0 aliphatic heterocycles. The van der Waals surface area contributed by atoms with Crippen LogP contribution in [0.4, 0.5) is 0 Å². The fourth-order valence-corrected chi connectivity index (χ4v) is 2.68. The quantitative estimate of drug-likeness (QED) is 0.0344. The zero-order chi connectivity index (χ0) is 36.1. The van der Waals surface area contributed by atoms with Crippen molar-refractivity contribution in [3.05, 3.63) is 36.0 Å². The molecule has 0 bridgehead atoms. The summed E-state index contributed by atoms with van der Waals surface area (Å²) in [6.07, 6.45) is 2.36. The fourth-order valence-electron chi connectivity index (χ4n) is 2.68. The minimum absolute atomic E-state index is 0.0152. The minimum Gasteiger partial charge on any atom is -0.460 e. The third-order valence-electron chi connectivity index (χ3n) is 4.61. The van der Waals surface area contributed by atoms with Crippen molar-refractivity contribution in [3.63, 3.8) is 0 Å². The van der Waals surface area contributed by atoms with Crippen molar-refractivity contribution >= 4 is 29.6 Å². The second kappa shape index (κ2) is 22.8. The van der Waals surface area contributed by atoms with Gasteiger partial charge in [-0.2, -0.15) is 0 Å². The number of hydrogen-bond donors (Lipinski definition) is 4. The van der Waals surface area contributed by atoms with Crippen LogP contribution < -0.4 is 21.6 Å². The number of hydroxylamine groups is 2. The van der Waals surface area contributed by atoms with Crippen LogP contribution >= 0.6 is 0 Å². The molecule has 14 nitrogen and oxygen atoms in total. The number of esters is 1. The van der Waals surface area contributed by atoms with Crippen LogP contribution in [0.3, 0.4) is 0 Å². The predicted octanol–water partition coefficient (Wildman–Crippen LogP) is 3.50. The first-order valence-electron chi connectivity index (χ1n) is 15.0. The van der Waals surface area contributed by atoms with E-state index >= 15 is 0 Å². The highest BCUT2D eigenvalue weighted by molar-refractivity contribution is 6.01. The maximum absolute atomic E-state index is 12.7. The Kier molecular flexibility index (Phi) is 22.1. The van der Waals surface area contributed by atoms with Crippen molar-refractivity contribution in [2.45, 2.75) is 107 Å². The molecule has 0 saturated heterocycles. The van der Waals surface area contributed by atoms with Gasteiger partial charge in [0.1, 0.15) is 5.60 Å². The molecule has 1 atom stereocenters. The van der Waals surface area contributed by atoms with Crippen molar-refractivity contribution in [2.24, 2.45) is 11.8 Å². The van der Waals surface area contributed by atoms with Crippen LogP contribution in [0.5, 0.6) is 0 Å². The lowest BCUT2D eigenvalue weighted by molar-refractivity contribution is -0.385. The summed E-state index contributed by atoms with van der Waals surface area (Å²) in [6.45, 7) is 25.9. The lowest BCUT2D eigenvalue weighted by Gasteiger charge is -2.22. The molecule has 14 heteroatoms. The first kappa shape index (κ1) is 44.5. The van der Waals surface area contributed by atoms with Crippen LogP contribution in [0.15, 0.2) is 36.0 Å². The molecular weight excluding hydrogens is 600 g/mol. The topological polar surface area (TPSA) is 180 Å². The van der Waals surface area contributed by atoms with Gasteiger partial charge in [-0.15, -0.1) is 0 Å². The number of amides is 4. The molecule has 4 N–H and O–H groups in total. The van der Waals surface area contributed by atoms with Gasteiger partial charge in [0.2, 0.25) is 12.7 Å². The van der Waals surface area contributed by atoms with E-state index in [-0.39, 0.29) is 29.8 Å². The second-order valence-electron chi connectivity index (χ2n) is 12.9. The van der Waals surface area contributed by atoms with Crippen molar-refractivity contribution in [3.8, 4) is 0 Å². The smallest absolute Gasteiger partial charge is 0.309 e. The van der Waals surface area contributed by atoms with Gasteiger partial charge in [-0.25, -0.2) is 25.6 Å². The zero-order valence-corrected chi connectivity index (χ0v) is 29.6. The molecule has 0 aromatic heterocycles. The predicted molar refractivity (Wildman–Crippen MR) is 173 cm³/mol. The summed E-state index contributed by atoms with van der Waals surface area (Å²) < 4.78 is 5.26. The molecule has 0 aromatic rings. The highest BCUT2D eigenvalue weighted by atomic mass is 17.2. The van der Waals surface area contributed by atoms with Gasteiger partial charge in [-0.1, -0.05) is 46.4 Å². The summed E-state index contributed by atoms with van der Waals surface area (Å²) in [4.78, 5) is 80.0. The Morgan fingerprint density at radius 2 is 1.39 bits per heavy atom. The molecule has 0 fully saturated rings. The van der Waals surface area contributed by atoms with Gasteiger partial charge in [0, 0.05) is 31.2 Å². The van der Waals surface area contributed by atoms with Gasteiger partial charge in [0.15, 0.2) is 6.10 Å². The van der Waals surface area contributed by atoms with Gasteiger partial charge < -0.3 is 15.4 Å². The Bertz CT molecular complexity index is 1050. The number of carbonyl (C=O) groups excluding carboxylic acids is 5. The minimum atomic E-state index is -1.35. The van der Waals surface area contributed by atoms with Crippen molar-refractivity contribution in [1.29, 1.82) is 0 Å². The average molecular weight is 657 g/mol. The van der Waals surface area contributed by atoms with Gasteiger partial charge in [0.05, 0.1) is 12.0 Å². The summed E-state index contributed by atoms with van der Waals surface area (Å²) in [7, 11) is 0. The summed E-state index contributed by atoms with van der Waals surface area (Å²) in [6, 6.07) is 0. The third-order valence-corrected chi connectivity index (χ3v) is 4.61. The van der Waals surface area contributed by atoms with Crippen LogP contribution in [0.25, 0.3) is 0 Å². The molecule has 0 unspecified atom stereocenters. The van der Waals surface area contributed by atoms with Crippen LogP contribution in [0.2, 0.25) is 0 Å². The van der Waals surface area contributed by atoms with Gasteiger partial charge in [0.25, 0.3) is 17.7 Å². The second-order valence-corrected chi connectivity index (χ2v) is 12.9. The molecule has 0 radical (unpaired) electrons. The highest BCUT2D eigenvalue weighted by Crippen LogP contribution is 2.12. The van der Waals surface area contributed by atoms with Gasteiger partial charge >= 0.3 is 5.97 Å². The average Bonchev–Trinajstić information content (AvgIpc) is 2.90. The Labute approximate surface area is 273 Å². The van der Waals surface area contributed by atoms with E-state index in [0.29, 0.717) is 12.5 Å². The maximum Gasteiger partial charge on any atom is 0.309 e. The maximum atomic E-state index is 12.7. The van der Waals surface area contributed by atoms with E-state index in [1.807, 2.05) is 13.8 Å². The van der Waals surface area contributed by atoms with Gasteiger partial charge in [-0.05, 0) is 66.4 Å². The van der Waals surface area contributed by atoms with Crippen molar-refractivity contribution in [1.82, 2.24) is 21.6 Å². The van der Waals surface area contributed by atoms with E-state index in [9.17, 15) is 24.0 Å². The highest BCUT2D eigenvalue weighted by Gasteiger charge is 2.28. The van der Waals surface area contributed by atoms with E-state index in [1.165, 1.54) is 19.1 Å². The molecule has 0 aliphatic carbocycles. The first-order valence-corrected chi connectivity index (χ1v) is 15.0. The van der Waals surface area contributed by atoms with Crippen LogP contribution in [0, 0.1) is 11.8 Å². The third kappa shape index (κ3) is 26.8. The normalized spacial score (nSPS) is 12.6. The van der Waals surface area contributed by atoms with Crippen LogP contribution in [-0.2, 0) is 48.2 Å². The van der Waals surface area contributed by atoms with E-state index in [1.54, 1.807) is 54.5 Å². The molecule has 0 aromatic carbocycles. The van der Waals surface area contributed by atoms with Crippen molar-refractivity contribution < 1.29 is 48.2 Å². The lowest BCUT2D eigenvalue weighted by Crippen LogP contribution is -2.44. The molecule has 0 spiro atoms. The van der Waals surface area contributed by atoms with E-state index in [0.717, 1.165) is 6.54 Å². The number of allylic oxidation sites excluding steroid dienone is 1. The standard InChI is InChI=1S/C26H43N3O9.C6H13NO/c1-11-12-19(13-18(4)22(31)28-34-16-35-38-26(8,9)10)23(32)29-37-20(24(33)27-15-17(2)3)14-21(30)36-25(5,6)7;1-5(2)4-7-6(3)8/h11-13,17,20H,4,14-16H2,1-3,5-10H3,(H,27,33)(H,28,31)(H,29,32);5H,4H2,1-3H3,(H,7,8)/b12-11-,19-13+;/t20-;/m1./s1. The SMILES string of the molecule is C=C(/C=C(\C=C/C)C(=O)NO[C@H](CC(=O)OC(C)(C)C)C(=O)NCC(C)C)C(=O)NOCOOC(C)(C)C.CC(=O)NCC(C)C. The summed E-state index contributed by atoms with van der Waals surface area (Å²) in [5, 5.41) is 5.37. The Morgan fingerprint density at radius 3 is 1.85 bits per heavy atom. The Morgan fingerprint density at radius 1 is 0.826 bits per heavy atom. The van der Waals surface area contributed by atoms with E-state index < -0.39 is 47.4 Å². The van der Waals surface area contributed by atoms with Crippen LogP contribution in [0.1, 0.15) is 89.5 Å². The zero-order valence-electron chi connectivity index (χ0n) is 29.6. The molecule has 0 rings (SSSR count). The molecule has 264 valence electrons. The molecule has 0 heterocycles. The molecule has 4 amide bonds. The number of ether oxygens (including phenoxy) is 1. The lowest BCUT2D eigenvalue weighted by atomic mass is 10.1. The molecule has 0 aliphatic rings. The largest absolute Gasteiger partial charge is 0.460 e. The monoisotopic (exact) mass is 656 g/mol. The van der Waals surface area contributed by atoms with Crippen LogP contribution in [-0.4, -0.2) is 66.8 Å². The van der Waals surface area contributed by atoms with E-state index in [2.05, 4.69) is 42.0 Å². The number of hydrogen-bond acceptors (Lipinski definition) is 10. The first-order chi connectivity index (χ1) is 21.1.